The van der Waals surface area contributed by atoms with Crippen LogP contribution in [0.4, 0.5) is 13.2 Å². The van der Waals surface area contributed by atoms with E-state index in [1.165, 1.54) is 0 Å². The molecule has 2 rings (SSSR count). The molecule has 1 aliphatic rings. The summed E-state index contributed by atoms with van der Waals surface area (Å²) in [6.07, 6.45) is -3.00. The molecule has 1 amide bonds. The number of alkyl halides is 3. The van der Waals surface area contributed by atoms with Crippen molar-refractivity contribution in [2.45, 2.75) is 63.7 Å². The first kappa shape index (κ1) is 19.3. The molecule has 1 heterocycles. The maximum Gasteiger partial charge on any atom is 0.405 e. The van der Waals surface area contributed by atoms with E-state index in [4.69, 9.17) is 5.26 Å². The topological polar surface area (TPSA) is 56.1 Å². The maximum absolute atomic E-state index is 13.5. The number of aryl methyl sites for hydroxylation is 1. The lowest BCUT2D eigenvalue weighted by molar-refractivity contribution is -0.202. The molecule has 0 aliphatic carbocycles. The molecule has 1 aromatic carbocycles. The number of nitrogens with zero attached hydrogens (tertiary/aromatic N) is 2. The molecule has 1 fully saturated rings. The molecule has 0 aromatic heterocycles. The van der Waals surface area contributed by atoms with Crippen LogP contribution in [0.5, 0.6) is 0 Å². The zero-order chi connectivity index (χ0) is 18.7. The second-order valence-electron chi connectivity index (χ2n) is 6.97. The van der Waals surface area contributed by atoms with Gasteiger partial charge >= 0.3 is 6.18 Å². The summed E-state index contributed by atoms with van der Waals surface area (Å²) in [5.74, 6) is -0.387. The number of nitriles is 1. The van der Waals surface area contributed by atoms with Crippen molar-refractivity contribution in [1.29, 1.82) is 5.26 Å². The third kappa shape index (κ3) is 4.73. The first-order chi connectivity index (χ1) is 11.6. The van der Waals surface area contributed by atoms with Crippen LogP contribution in [0, 0.1) is 11.3 Å². The van der Waals surface area contributed by atoms with Gasteiger partial charge in [-0.3, -0.25) is 10.2 Å². The molecule has 0 spiro atoms. The summed E-state index contributed by atoms with van der Waals surface area (Å²) < 4.78 is 40.4. The van der Waals surface area contributed by atoms with Crippen LogP contribution in [0.25, 0.3) is 0 Å². The summed E-state index contributed by atoms with van der Waals surface area (Å²) >= 11 is 0. The van der Waals surface area contributed by atoms with Crippen molar-refractivity contribution < 1.29 is 18.0 Å². The lowest BCUT2D eigenvalue weighted by atomic mass is 9.96. The predicted molar refractivity (Wildman–Crippen MR) is 87.2 cm³/mol. The van der Waals surface area contributed by atoms with Crippen LogP contribution in [-0.2, 0) is 11.2 Å². The van der Waals surface area contributed by atoms with Gasteiger partial charge in [-0.1, -0.05) is 24.6 Å². The first-order valence-corrected chi connectivity index (χ1v) is 8.29. The van der Waals surface area contributed by atoms with E-state index in [-0.39, 0.29) is 18.7 Å². The van der Waals surface area contributed by atoms with E-state index < -0.39 is 17.8 Å². The molecule has 1 aromatic rings. The number of rotatable bonds is 6. The minimum Gasteiger partial charge on any atom is -0.288 e. The van der Waals surface area contributed by atoms with Crippen molar-refractivity contribution in [3.8, 4) is 6.07 Å². The average Bonchev–Trinajstić information content (AvgIpc) is 2.78. The van der Waals surface area contributed by atoms with E-state index in [2.05, 4.69) is 11.5 Å². The zero-order valence-corrected chi connectivity index (χ0v) is 14.4. The lowest BCUT2D eigenvalue weighted by Crippen LogP contribution is -2.56. The number of nitrogens with one attached hydrogen (secondary N) is 1. The highest BCUT2D eigenvalue weighted by atomic mass is 19.4. The Morgan fingerprint density at radius 3 is 2.56 bits per heavy atom. The van der Waals surface area contributed by atoms with Crippen LogP contribution in [0.3, 0.4) is 0 Å². The molecule has 25 heavy (non-hydrogen) atoms. The molecule has 0 radical (unpaired) electrons. The first-order valence-electron chi connectivity index (χ1n) is 8.29. The summed E-state index contributed by atoms with van der Waals surface area (Å²) in [5, 5.41) is 10.1. The fraction of sp³-hybridized carbons (Fsp3) is 0.556. The normalized spacial score (nSPS) is 18.6. The van der Waals surface area contributed by atoms with Crippen LogP contribution in [-0.4, -0.2) is 28.7 Å². The molecule has 136 valence electrons. The van der Waals surface area contributed by atoms with Gasteiger partial charge in [0.25, 0.3) is 0 Å². The van der Waals surface area contributed by atoms with E-state index in [9.17, 15) is 18.0 Å². The number of hydrogen-bond donors (Lipinski definition) is 1. The number of hydrazine groups is 1. The van der Waals surface area contributed by atoms with Gasteiger partial charge < -0.3 is 0 Å². The minimum absolute atomic E-state index is 0.0507. The summed E-state index contributed by atoms with van der Waals surface area (Å²) in [6, 6.07) is 7.49. The van der Waals surface area contributed by atoms with Gasteiger partial charge in [0.1, 0.15) is 6.04 Å². The van der Waals surface area contributed by atoms with Crippen LogP contribution in [0.2, 0.25) is 0 Å². The van der Waals surface area contributed by atoms with Crippen LogP contribution < -0.4 is 5.43 Å². The summed E-state index contributed by atoms with van der Waals surface area (Å²) in [4.78, 5) is 11.5. The molecule has 7 heteroatoms. The van der Waals surface area contributed by atoms with Crippen molar-refractivity contribution >= 4 is 5.91 Å². The zero-order valence-electron chi connectivity index (χ0n) is 14.4. The Kier molecular flexibility index (Phi) is 5.73. The highest BCUT2D eigenvalue weighted by Crippen LogP contribution is 2.35. The fourth-order valence-corrected chi connectivity index (χ4v) is 3.24. The van der Waals surface area contributed by atoms with Crippen LogP contribution in [0.1, 0.15) is 50.7 Å². The predicted octanol–water partition coefficient (Wildman–Crippen LogP) is 3.72. The van der Waals surface area contributed by atoms with Gasteiger partial charge in [-0.05, 0) is 44.7 Å². The van der Waals surface area contributed by atoms with Crippen molar-refractivity contribution in [1.82, 2.24) is 10.4 Å². The Hall–Kier alpha value is -2.07. The monoisotopic (exact) mass is 353 g/mol. The molecule has 1 aliphatic heterocycles. The van der Waals surface area contributed by atoms with Crippen LogP contribution >= 0.6 is 0 Å². The summed E-state index contributed by atoms with van der Waals surface area (Å²) in [5.41, 5.74) is 2.90. The lowest BCUT2D eigenvalue weighted by Gasteiger charge is -2.37. The smallest absolute Gasteiger partial charge is 0.288 e. The number of unbranched alkanes of at least 4 members (excludes halogenated alkanes) is 1. The Morgan fingerprint density at radius 1 is 1.32 bits per heavy atom. The van der Waals surface area contributed by atoms with Gasteiger partial charge in [0.2, 0.25) is 5.91 Å². The average molecular weight is 353 g/mol. The van der Waals surface area contributed by atoms with Gasteiger partial charge in [-0.2, -0.15) is 18.4 Å². The van der Waals surface area contributed by atoms with Gasteiger partial charge in [-0.15, -0.1) is 0 Å². The number of halogens is 3. The third-order valence-electron chi connectivity index (χ3n) is 4.49. The van der Waals surface area contributed by atoms with E-state index in [0.29, 0.717) is 24.8 Å². The van der Waals surface area contributed by atoms with Crippen molar-refractivity contribution in [2.75, 3.05) is 0 Å². The third-order valence-corrected chi connectivity index (χ3v) is 4.49. The Morgan fingerprint density at radius 2 is 2.00 bits per heavy atom. The fourth-order valence-electron chi connectivity index (χ4n) is 3.24. The molecular formula is C18H22F3N3O. The van der Waals surface area contributed by atoms with Crippen molar-refractivity contribution in [2.24, 2.45) is 0 Å². The van der Waals surface area contributed by atoms with E-state index in [0.717, 1.165) is 10.6 Å². The number of benzene rings is 1. The second-order valence-corrected chi connectivity index (χ2v) is 6.97. The van der Waals surface area contributed by atoms with E-state index in [1.54, 1.807) is 26.0 Å². The maximum atomic E-state index is 13.5. The second kappa shape index (κ2) is 7.44. The molecule has 1 N–H and O–H groups in total. The van der Waals surface area contributed by atoms with Crippen molar-refractivity contribution in [3.05, 3.63) is 35.4 Å². The number of amides is 1. The Balaban J connectivity index is 1.98. The van der Waals surface area contributed by atoms with E-state index >= 15 is 0 Å². The number of hydrogen-bond acceptors (Lipinski definition) is 3. The standard InChI is InChI=1S/C18H22F3N3O/c1-17(2)11-16(25)23-24(17)15(18(19,20)21)10-6-5-8-13-7-3-4-9-14(13)12-22/h3-4,7,9,15H,5-6,8,10-11H2,1-2H3,(H,23,25). The highest BCUT2D eigenvalue weighted by Gasteiger charge is 2.51. The minimum atomic E-state index is -4.42. The van der Waals surface area contributed by atoms with Gasteiger partial charge in [0.15, 0.2) is 0 Å². The summed E-state index contributed by atoms with van der Waals surface area (Å²) in [7, 11) is 0. The van der Waals surface area contributed by atoms with Gasteiger partial charge in [0.05, 0.1) is 11.6 Å². The largest absolute Gasteiger partial charge is 0.405 e. The Bertz CT molecular complexity index is 664. The molecular weight excluding hydrogens is 331 g/mol. The number of carbonyl (C=O) groups excluding carboxylic acids is 1. The van der Waals surface area contributed by atoms with Crippen molar-refractivity contribution in [3.63, 3.8) is 0 Å². The quantitative estimate of drug-likeness (QED) is 0.793. The molecule has 1 saturated heterocycles. The molecule has 0 saturated carbocycles. The molecule has 4 nitrogen and oxygen atoms in total. The van der Waals surface area contributed by atoms with Crippen LogP contribution in [0.15, 0.2) is 24.3 Å². The van der Waals surface area contributed by atoms with E-state index in [1.807, 2.05) is 12.1 Å². The van der Waals surface area contributed by atoms with Gasteiger partial charge in [0, 0.05) is 12.0 Å². The molecule has 1 atom stereocenters. The molecule has 1 unspecified atom stereocenters. The summed E-state index contributed by atoms with van der Waals surface area (Å²) in [6.45, 7) is 3.26. The molecule has 0 bridgehead atoms. The Labute approximate surface area is 145 Å². The highest BCUT2D eigenvalue weighted by molar-refractivity contribution is 5.78. The van der Waals surface area contributed by atoms with Gasteiger partial charge in [-0.25, -0.2) is 5.01 Å². The SMILES string of the molecule is CC1(C)CC(=O)NN1C(CCCCc1ccccc1C#N)C(F)(F)F. The number of carbonyl (C=O) groups is 1.